The summed E-state index contributed by atoms with van der Waals surface area (Å²) in [4.78, 5) is 0. The highest BCUT2D eigenvalue weighted by Crippen LogP contribution is 2.07. The molecule has 0 radical (unpaired) electrons. The number of nitrogens with one attached hydrogen (secondary N) is 1. The molecule has 0 aliphatic carbocycles. The van der Waals surface area contributed by atoms with Gasteiger partial charge in [-0.15, -0.1) is 0 Å². The number of thiophene rings is 1. The van der Waals surface area contributed by atoms with Crippen LogP contribution in [0.25, 0.3) is 0 Å². The highest BCUT2D eigenvalue weighted by Gasteiger charge is 2.00. The summed E-state index contributed by atoms with van der Waals surface area (Å²) >= 11 is 1.69. The van der Waals surface area contributed by atoms with Crippen molar-refractivity contribution in [2.24, 2.45) is 0 Å². The van der Waals surface area contributed by atoms with Gasteiger partial charge in [0.1, 0.15) is 0 Å². The number of nitriles is 1. The van der Waals surface area contributed by atoms with Gasteiger partial charge in [0.2, 0.25) is 0 Å². The molecule has 1 aromatic rings. The van der Waals surface area contributed by atoms with Gasteiger partial charge in [0.15, 0.2) is 6.19 Å². The summed E-state index contributed by atoms with van der Waals surface area (Å²) in [5.41, 5.74) is 1.30. The Hall–Kier alpha value is -1.01. The van der Waals surface area contributed by atoms with Crippen LogP contribution < -0.4 is 5.32 Å². The van der Waals surface area contributed by atoms with Crippen molar-refractivity contribution in [3.63, 3.8) is 0 Å². The summed E-state index contributed by atoms with van der Waals surface area (Å²) < 4.78 is 0. The van der Waals surface area contributed by atoms with E-state index >= 15 is 0 Å². The summed E-state index contributed by atoms with van der Waals surface area (Å²) in [6, 6.07) is 2.33. The molecular formula is C8H10N2S. The molecule has 0 aliphatic heterocycles. The van der Waals surface area contributed by atoms with Gasteiger partial charge >= 0.3 is 0 Å². The molecule has 1 atom stereocenters. The lowest BCUT2D eigenvalue weighted by Gasteiger charge is -2.05. The lowest BCUT2D eigenvalue weighted by Crippen LogP contribution is -2.22. The standard InChI is InChI=1S/C8H10N2S/c1-7(10-6-9)4-8-2-3-11-5-8/h2-3,5,7,10H,4H2,1H3. The SMILES string of the molecule is CC(Cc1ccsc1)NC#N. The molecule has 2 nitrogen and oxygen atoms in total. The van der Waals surface area contributed by atoms with Gasteiger partial charge in [-0.3, -0.25) is 0 Å². The number of nitrogens with zero attached hydrogens (tertiary/aromatic N) is 1. The Morgan fingerprint density at radius 3 is 3.18 bits per heavy atom. The van der Waals surface area contributed by atoms with Crippen LogP contribution in [0.5, 0.6) is 0 Å². The lowest BCUT2D eigenvalue weighted by molar-refractivity contribution is 0.646. The van der Waals surface area contributed by atoms with Crippen LogP contribution in [0.1, 0.15) is 12.5 Å². The first-order valence-electron chi connectivity index (χ1n) is 3.48. The van der Waals surface area contributed by atoms with E-state index in [0.717, 1.165) is 6.42 Å². The van der Waals surface area contributed by atoms with Crippen LogP contribution in [-0.4, -0.2) is 6.04 Å². The highest BCUT2D eigenvalue weighted by molar-refractivity contribution is 7.07. The molecule has 1 N–H and O–H groups in total. The first-order chi connectivity index (χ1) is 5.33. The minimum atomic E-state index is 0.245. The van der Waals surface area contributed by atoms with Crippen molar-refractivity contribution in [1.82, 2.24) is 5.32 Å². The van der Waals surface area contributed by atoms with Gasteiger partial charge in [0, 0.05) is 6.04 Å². The van der Waals surface area contributed by atoms with Gasteiger partial charge in [-0.05, 0) is 35.7 Å². The van der Waals surface area contributed by atoms with Crippen LogP contribution in [0.2, 0.25) is 0 Å². The van der Waals surface area contributed by atoms with E-state index in [-0.39, 0.29) is 6.04 Å². The third kappa shape index (κ3) is 2.60. The summed E-state index contributed by atoms with van der Waals surface area (Å²) in [6.07, 6.45) is 2.86. The molecule has 58 valence electrons. The fourth-order valence-electron chi connectivity index (χ4n) is 0.924. The fraction of sp³-hybridized carbons (Fsp3) is 0.375. The third-order valence-corrected chi connectivity index (χ3v) is 2.16. The summed E-state index contributed by atoms with van der Waals surface area (Å²) in [5, 5.41) is 15.2. The van der Waals surface area contributed by atoms with Crippen molar-refractivity contribution < 1.29 is 0 Å². The highest BCUT2D eigenvalue weighted by atomic mass is 32.1. The molecule has 11 heavy (non-hydrogen) atoms. The Labute approximate surface area is 70.5 Å². The Bertz CT molecular complexity index is 235. The van der Waals surface area contributed by atoms with Gasteiger partial charge in [-0.1, -0.05) is 0 Å². The van der Waals surface area contributed by atoms with Gasteiger partial charge in [-0.25, -0.2) is 0 Å². The van der Waals surface area contributed by atoms with Crippen molar-refractivity contribution in [2.75, 3.05) is 0 Å². The average molecular weight is 166 g/mol. The lowest BCUT2D eigenvalue weighted by atomic mass is 10.1. The topological polar surface area (TPSA) is 35.8 Å². The van der Waals surface area contributed by atoms with E-state index in [1.807, 2.05) is 13.1 Å². The zero-order valence-corrected chi connectivity index (χ0v) is 7.19. The summed E-state index contributed by atoms with van der Waals surface area (Å²) in [7, 11) is 0. The molecule has 1 rings (SSSR count). The van der Waals surface area contributed by atoms with E-state index in [1.54, 1.807) is 11.3 Å². The Morgan fingerprint density at radius 2 is 2.64 bits per heavy atom. The Balaban J connectivity index is 2.38. The molecule has 0 saturated carbocycles. The normalized spacial score (nSPS) is 12.0. The van der Waals surface area contributed by atoms with E-state index in [1.165, 1.54) is 5.56 Å². The molecule has 0 aromatic carbocycles. The van der Waals surface area contributed by atoms with Crippen molar-refractivity contribution in [3.05, 3.63) is 22.4 Å². The molecule has 0 aliphatic rings. The van der Waals surface area contributed by atoms with E-state index in [9.17, 15) is 0 Å². The second-order valence-electron chi connectivity index (χ2n) is 2.49. The molecule has 0 spiro atoms. The molecule has 0 bridgehead atoms. The van der Waals surface area contributed by atoms with Crippen LogP contribution in [0.3, 0.4) is 0 Å². The van der Waals surface area contributed by atoms with Gasteiger partial charge in [-0.2, -0.15) is 16.6 Å². The fourth-order valence-corrected chi connectivity index (χ4v) is 1.61. The average Bonchev–Trinajstić information content (AvgIpc) is 2.40. The summed E-state index contributed by atoms with van der Waals surface area (Å²) in [5.74, 6) is 0. The van der Waals surface area contributed by atoms with Gasteiger partial charge in [0.05, 0.1) is 0 Å². The second-order valence-corrected chi connectivity index (χ2v) is 3.27. The Kier molecular flexibility index (Phi) is 2.94. The minimum absolute atomic E-state index is 0.245. The van der Waals surface area contributed by atoms with Crippen molar-refractivity contribution in [2.45, 2.75) is 19.4 Å². The predicted octanol–water partition coefficient (Wildman–Crippen LogP) is 1.75. The molecule has 1 aromatic heterocycles. The van der Waals surface area contributed by atoms with E-state index in [4.69, 9.17) is 5.26 Å². The number of hydrogen-bond donors (Lipinski definition) is 1. The number of rotatable bonds is 3. The van der Waals surface area contributed by atoms with Crippen molar-refractivity contribution >= 4 is 11.3 Å². The molecule has 1 heterocycles. The zero-order valence-electron chi connectivity index (χ0n) is 6.37. The summed E-state index contributed by atoms with van der Waals surface area (Å²) in [6.45, 7) is 2.00. The van der Waals surface area contributed by atoms with Gasteiger partial charge < -0.3 is 5.32 Å². The maximum absolute atomic E-state index is 8.31. The van der Waals surface area contributed by atoms with Crippen LogP contribution in [0, 0.1) is 11.5 Å². The van der Waals surface area contributed by atoms with Gasteiger partial charge in [0.25, 0.3) is 0 Å². The first-order valence-corrected chi connectivity index (χ1v) is 4.43. The molecular weight excluding hydrogens is 156 g/mol. The maximum Gasteiger partial charge on any atom is 0.176 e. The monoisotopic (exact) mass is 166 g/mol. The molecule has 0 amide bonds. The predicted molar refractivity (Wildman–Crippen MR) is 46.2 cm³/mol. The molecule has 1 unspecified atom stereocenters. The van der Waals surface area contributed by atoms with Crippen molar-refractivity contribution in [1.29, 1.82) is 5.26 Å². The molecule has 3 heteroatoms. The van der Waals surface area contributed by atoms with Crippen LogP contribution in [0.4, 0.5) is 0 Å². The third-order valence-electron chi connectivity index (χ3n) is 1.43. The quantitative estimate of drug-likeness (QED) is 0.548. The smallest absolute Gasteiger partial charge is 0.176 e. The second kappa shape index (κ2) is 3.99. The van der Waals surface area contributed by atoms with E-state index in [0.29, 0.717) is 0 Å². The molecule has 0 fully saturated rings. The minimum Gasteiger partial charge on any atom is -0.321 e. The first kappa shape index (κ1) is 8.09. The van der Waals surface area contributed by atoms with Crippen LogP contribution >= 0.6 is 11.3 Å². The van der Waals surface area contributed by atoms with E-state index < -0.39 is 0 Å². The zero-order chi connectivity index (χ0) is 8.10. The number of hydrogen-bond acceptors (Lipinski definition) is 3. The maximum atomic E-state index is 8.31. The molecule has 0 saturated heterocycles. The van der Waals surface area contributed by atoms with Crippen LogP contribution in [-0.2, 0) is 6.42 Å². The van der Waals surface area contributed by atoms with E-state index in [2.05, 4.69) is 22.1 Å². The Morgan fingerprint density at radius 1 is 1.82 bits per heavy atom. The van der Waals surface area contributed by atoms with Crippen LogP contribution in [0.15, 0.2) is 16.8 Å². The largest absolute Gasteiger partial charge is 0.321 e. The van der Waals surface area contributed by atoms with Crippen molar-refractivity contribution in [3.8, 4) is 6.19 Å².